The maximum atomic E-state index is 5.78. The van der Waals surface area contributed by atoms with Crippen LogP contribution >= 0.6 is 63.1 Å². The lowest BCUT2D eigenvalue weighted by atomic mass is 10.2. The summed E-state index contributed by atoms with van der Waals surface area (Å²) in [6.45, 7) is 0. The highest BCUT2D eigenvalue weighted by Crippen LogP contribution is 2.24. The van der Waals surface area contributed by atoms with Crippen LogP contribution in [0.1, 0.15) is 0 Å². The van der Waals surface area contributed by atoms with Gasteiger partial charge in [-0.3, -0.25) is 0 Å². The number of hydrogen-bond acceptors (Lipinski definition) is 7. The molecule has 0 amide bonds. The lowest BCUT2D eigenvalue weighted by Crippen LogP contribution is -1.76. The number of thioether (sulfide) groups is 1. The van der Waals surface area contributed by atoms with Crippen molar-refractivity contribution in [3.63, 3.8) is 0 Å². The topological polar surface area (TPSA) is 80.7 Å². The summed E-state index contributed by atoms with van der Waals surface area (Å²) < 4.78 is 10.5. The number of alkyl halides is 1. The van der Waals surface area contributed by atoms with Gasteiger partial charge in [0.15, 0.2) is 0 Å². The van der Waals surface area contributed by atoms with Gasteiger partial charge >= 0.3 is 0 Å². The molecule has 0 aliphatic heterocycles. The van der Waals surface area contributed by atoms with Crippen molar-refractivity contribution in [3.05, 3.63) is 63.4 Å². The molecule has 33 heavy (non-hydrogen) atoms. The molecule has 0 saturated heterocycles. The van der Waals surface area contributed by atoms with Crippen molar-refractivity contribution in [3.8, 4) is 47.6 Å². The monoisotopic (exact) mass is 580 g/mol. The largest absolute Gasteiger partial charge is 0.411 e. The Kier molecular flexibility index (Phi) is 11.8. The summed E-state index contributed by atoms with van der Waals surface area (Å²) in [5.74, 6) is 6.30. The predicted molar refractivity (Wildman–Crippen MR) is 139 cm³/mol. The van der Waals surface area contributed by atoms with Gasteiger partial charge in [0.1, 0.15) is 0 Å². The van der Waals surface area contributed by atoms with Crippen molar-refractivity contribution >= 4 is 63.1 Å². The highest BCUT2D eigenvalue weighted by atomic mass is 79.9. The number of aromatic amines is 1. The second-order valence-electron chi connectivity index (χ2n) is 5.64. The molecule has 1 N–H and O–H groups in total. The quantitative estimate of drug-likeness (QED) is 0.118. The van der Waals surface area contributed by atoms with E-state index in [0.717, 1.165) is 11.1 Å². The Morgan fingerprint density at radius 3 is 1.91 bits per heavy atom. The Hall–Kier alpha value is -2.53. The normalized spacial score (nSPS) is 9.48. The number of benzene rings is 2. The zero-order valence-electron chi connectivity index (χ0n) is 16.8. The third-order valence-corrected chi connectivity index (χ3v) is 5.11. The van der Waals surface area contributed by atoms with E-state index in [0.29, 0.717) is 38.1 Å². The molecule has 0 radical (unpaired) electrons. The minimum Gasteiger partial charge on any atom is -0.411 e. The van der Waals surface area contributed by atoms with E-state index in [9.17, 15) is 0 Å². The van der Waals surface area contributed by atoms with Gasteiger partial charge in [-0.2, -0.15) is 0 Å². The average Bonchev–Trinajstić information content (AvgIpc) is 3.48. The molecule has 0 spiro atoms. The minimum absolute atomic E-state index is 0.268. The van der Waals surface area contributed by atoms with Crippen LogP contribution in [0.5, 0.6) is 0 Å². The maximum absolute atomic E-state index is 5.78. The number of H-pyrrole nitrogens is 1. The Morgan fingerprint density at radius 2 is 1.45 bits per heavy atom. The van der Waals surface area contributed by atoms with Crippen molar-refractivity contribution in [2.24, 2.45) is 0 Å². The van der Waals surface area contributed by atoms with Gasteiger partial charge in [0.2, 0.25) is 11.8 Å². The van der Waals surface area contributed by atoms with E-state index < -0.39 is 0 Å². The Morgan fingerprint density at radius 1 is 0.909 bits per heavy atom. The minimum atomic E-state index is 0.268. The van der Waals surface area contributed by atoms with Crippen LogP contribution in [0.25, 0.3) is 22.9 Å². The molecule has 0 unspecified atom stereocenters. The van der Waals surface area contributed by atoms with Gasteiger partial charge in [0, 0.05) is 21.2 Å². The standard InChI is InChI=1S/C11H7ClN2OS.C8H5ClN2OS.C3H3Br/c1-2-7-16-11-14-13-10(15-11)8-3-5-9(12)6-4-8;9-6-3-1-5(2-4-6)7-10-11-8(13)12-7;1-2-3-4/h1,3-6H,7H2;1-4H,(H,11,13);1H,3H2. The zero-order valence-corrected chi connectivity index (χ0v) is 21.5. The van der Waals surface area contributed by atoms with E-state index in [1.54, 1.807) is 24.3 Å². The van der Waals surface area contributed by atoms with E-state index in [1.807, 2.05) is 24.3 Å². The summed E-state index contributed by atoms with van der Waals surface area (Å²) >= 11 is 20.6. The lowest BCUT2D eigenvalue weighted by molar-refractivity contribution is 0.466. The fraction of sp³-hybridized carbons (Fsp3) is 0.0909. The van der Waals surface area contributed by atoms with Crippen LogP contribution < -0.4 is 0 Å². The van der Waals surface area contributed by atoms with Crippen molar-refractivity contribution in [2.45, 2.75) is 5.22 Å². The van der Waals surface area contributed by atoms with Crippen LogP contribution in [0, 0.1) is 29.5 Å². The first-order chi connectivity index (χ1) is 16.0. The number of hydrogen-bond donors (Lipinski definition) is 1. The molecule has 0 bridgehead atoms. The summed E-state index contributed by atoms with van der Waals surface area (Å²) in [5.41, 5.74) is 1.68. The SMILES string of the molecule is C#CCBr.C#CCSc1nnc(-c2ccc(Cl)cc2)o1.S=c1[nH]nc(-c2ccc(Cl)cc2)o1. The van der Waals surface area contributed by atoms with Crippen LogP contribution in [-0.2, 0) is 0 Å². The number of nitrogens with zero attached hydrogens (tertiary/aromatic N) is 3. The van der Waals surface area contributed by atoms with Crippen molar-refractivity contribution in [2.75, 3.05) is 11.1 Å². The fourth-order valence-corrected chi connectivity index (χ4v) is 2.85. The average molecular weight is 582 g/mol. The number of halogens is 3. The smallest absolute Gasteiger partial charge is 0.284 e. The first-order valence-corrected chi connectivity index (χ1v) is 12.2. The van der Waals surface area contributed by atoms with Crippen LogP contribution in [0.4, 0.5) is 0 Å². The van der Waals surface area contributed by atoms with Crippen molar-refractivity contribution < 1.29 is 8.83 Å². The van der Waals surface area contributed by atoms with Crippen molar-refractivity contribution in [1.82, 2.24) is 20.4 Å². The second-order valence-corrected chi connectivity index (χ2v) is 8.37. The predicted octanol–water partition coefficient (Wildman–Crippen LogP) is 7.18. The van der Waals surface area contributed by atoms with E-state index in [2.05, 4.69) is 48.2 Å². The molecule has 168 valence electrons. The molecule has 4 aromatic rings. The molecule has 4 rings (SSSR count). The Balaban J connectivity index is 0.000000204. The molecule has 0 fully saturated rings. The Labute approximate surface area is 218 Å². The number of aromatic nitrogens is 4. The van der Waals surface area contributed by atoms with E-state index in [-0.39, 0.29) is 4.84 Å². The fourth-order valence-electron chi connectivity index (χ4n) is 2.03. The van der Waals surface area contributed by atoms with Crippen LogP contribution in [0.2, 0.25) is 10.0 Å². The molecule has 0 saturated carbocycles. The maximum Gasteiger partial charge on any atom is 0.284 e. The molecular weight excluding hydrogens is 567 g/mol. The molecule has 2 aromatic heterocycles. The molecular formula is C22H15BrCl2N4O2S2. The first-order valence-electron chi connectivity index (χ1n) is 8.93. The summed E-state index contributed by atoms with van der Waals surface area (Å²) in [7, 11) is 0. The van der Waals surface area contributed by atoms with Crippen LogP contribution in [0.15, 0.2) is 62.6 Å². The molecule has 6 nitrogen and oxygen atoms in total. The Bertz CT molecular complexity index is 1270. The van der Waals surface area contributed by atoms with Crippen LogP contribution in [0.3, 0.4) is 0 Å². The first kappa shape index (κ1) is 26.7. The van der Waals surface area contributed by atoms with Gasteiger partial charge in [-0.1, -0.05) is 62.7 Å². The molecule has 0 aliphatic rings. The van der Waals surface area contributed by atoms with Gasteiger partial charge in [0.05, 0.1) is 11.1 Å². The third-order valence-electron chi connectivity index (χ3n) is 3.38. The number of terminal acetylenes is 2. The molecule has 2 heterocycles. The summed E-state index contributed by atoms with van der Waals surface area (Å²) in [4.78, 5) is 0.268. The van der Waals surface area contributed by atoms with E-state index in [1.165, 1.54) is 11.8 Å². The van der Waals surface area contributed by atoms with Gasteiger partial charge in [0.25, 0.3) is 10.1 Å². The van der Waals surface area contributed by atoms with Gasteiger partial charge < -0.3 is 8.83 Å². The molecule has 11 heteroatoms. The summed E-state index contributed by atoms with van der Waals surface area (Å²) in [5, 5.41) is 16.7. The number of nitrogens with one attached hydrogen (secondary N) is 1. The summed E-state index contributed by atoms with van der Waals surface area (Å²) in [6.07, 6.45) is 9.87. The van der Waals surface area contributed by atoms with Gasteiger partial charge in [-0.15, -0.1) is 28.1 Å². The summed E-state index contributed by atoms with van der Waals surface area (Å²) in [6, 6.07) is 14.4. The van der Waals surface area contributed by atoms with Gasteiger partial charge in [-0.05, 0) is 60.7 Å². The zero-order chi connectivity index (χ0) is 24.1. The lowest BCUT2D eigenvalue weighted by Gasteiger charge is -1.93. The van der Waals surface area contributed by atoms with E-state index >= 15 is 0 Å². The van der Waals surface area contributed by atoms with Crippen LogP contribution in [-0.4, -0.2) is 31.5 Å². The highest BCUT2D eigenvalue weighted by Gasteiger charge is 2.08. The molecule has 0 atom stereocenters. The van der Waals surface area contributed by atoms with Gasteiger partial charge in [-0.25, -0.2) is 5.10 Å². The highest BCUT2D eigenvalue weighted by molar-refractivity contribution is 9.09. The molecule has 2 aromatic carbocycles. The second kappa shape index (κ2) is 14.6. The molecule has 0 aliphatic carbocycles. The van der Waals surface area contributed by atoms with Crippen molar-refractivity contribution in [1.29, 1.82) is 0 Å². The third kappa shape index (κ3) is 9.47. The van der Waals surface area contributed by atoms with E-state index in [4.69, 9.17) is 57.1 Å². The number of rotatable bonds is 4.